The second-order valence-electron chi connectivity index (χ2n) is 5.84. The summed E-state index contributed by atoms with van der Waals surface area (Å²) in [6.45, 7) is 4.04. The molecule has 0 saturated carbocycles. The number of nitrogens with one attached hydrogen (secondary N) is 1. The van der Waals surface area contributed by atoms with Gasteiger partial charge in [-0.05, 0) is 31.5 Å². The fourth-order valence-electron chi connectivity index (χ4n) is 2.33. The molecule has 0 fully saturated rings. The molecule has 130 valence electrons. The van der Waals surface area contributed by atoms with Gasteiger partial charge in [0, 0.05) is 18.5 Å². The second-order valence-corrected chi connectivity index (χ2v) is 7.61. The van der Waals surface area contributed by atoms with Crippen LogP contribution in [0.25, 0.3) is 11.4 Å². The van der Waals surface area contributed by atoms with Crippen LogP contribution in [0.4, 0.5) is 0 Å². The molecule has 0 atom stereocenters. The van der Waals surface area contributed by atoms with Gasteiger partial charge in [-0.2, -0.15) is 4.98 Å². The SMILES string of the molecule is Cc1ccc(-c2noc(CCNS(=O)(=O)c3cccc(C)c3)n2)cc1. The largest absolute Gasteiger partial charge is 0.339 e. The molecule has 1 N–H and O–H groups in total. The Hall–Kier alpha value is -2.51. The van der Waals surface area contributed by atoms with Crippen LogP contribution in [-0.4, -0.2) is 25.1 Å². The third kappa shape index (κ3) is 4.32. The summed E-state index contributed by atoms with van der Waals surface area (Å²) in [5, 5.41) is 3.94. The molecule has 0 aliphatic carbocycles. The van der Waals surface area contributed by atoms with Crippen LogP contribution in [0.5, 0.6) is 0 Å². The maximum absolute atomic E-state index is 12.3. The Morgan fingerprint density at radius 3 is 2.52 bits per heavy atom. The number of hydrogen-bond donors (Lipinski definition) is 1. The van der Waals surface area contributed by atoms with Gasteiger partial charge >= 0.3 is 0 Å². The van der Waals surface area contributed by atoms with Crippen molar-refractivity contribution >= 4 is 10.0 Å². The highest BCUT2D eigenvalue weighted by molar-refractivity contribution is 7.89. The molecule has 1 aromatic heterocycles. The number of aryl methyl sites for hydroxylation is 2. The van der Waals surface area contributed by atoms with Crippen molar-refractivity contribution in [3.8, 4) is 11.4 Å². The molecule has 1 heterocycles. The molecule has 0 aliphatic heterocycles. The van der Waals surface area contributed by atoms with E-state index in [9.17, 15) is 8.42 Å². The van der Waals surface area contributed by atoms with Crippen LogP contribution in [0.3, 0.4) is 0 Å². The molecule has 7 heteroatoms. The van der Waals surface area contributed by atoms with E-state index in [0.29, 0.717) is 18.1 Å². The molecule has 2 aromatic carbocycles. The molecule has 6 nitrogen and oxygen atoms in total. The molecule has 0 unspecified atom stereocenters. The molecule has 25 heavy (non-hydrogen) atoms. The maximum Gasteiger partial charge on any atom is 0.240 e. The zero-order chi connectivity index (χ0) is 17.9. The van der Waals surface area contributed by atoms with E-state index in [1.54, 1.807) is 18.2 Å². The number of benzene rings is 2. The van der Waals surface area contributed by atoms with Crippen LogP contribution >= 0.6 is 0 Å². The standard InChI is InChI=1S/C18H19N3O3S/c1-13-6-8-15(9-7-13)18-20-17(24-21-18)10-11-19-25(22,23)16-5-3-4-14(2)12-16/h3-9,12,19H,10-11H2,1-2H3. The molecule has 0 saturated heterocycles. The fraction of sp³-hybridized carbons (Fsp3) is 0.222. The number of aromatic nitrogens is 2. The molecule has 0 amide bonds. The highest BCUT2D eigenvalue weighted by Crippen LogP contribution is 2.16. The number of hydrogen-bond acceptors (Lipinski definition) is 5. The van der Waals surface area contributed by atoms with Crippen molar-refractivity contribution in [2.24, 2.45) is 0 Å². The minimum Gasteiger partial charge on any atom is -0.339 e. The first kappa shape index (κ1) is 17.3. The Balaban J connectivity index is 1.62. The topological polar surface area (TPSA) is 85.1 Å². The van der Waals surface area contributed by atoms with Crippen molar-refractivity contribution in [2.75, 3.05) is 6.54 Å². The number of rotatable bonds is 6. The minimum absolute atomic E-state index is 0.186. The Kier molecular flexibility index (Phi) is 4.96. The number of sulfonamides is 1. The quantitative estimate of drug-likeness (QED) is 0.733. The minimum atomic E-state index is -3.54. The van der Waals surface area contributed by atoms with E-state index in [-0.39, 0.29) is 11.4 Å². The predicted molar refractivity (Wildman–Crippen MR) is 94.5 cm³/mol. The van der Waals surface area contributed by atoms with E-state index in [4.69, 9.17) is 4.52 Å². The van der Waals surface area contributed by atoms with Gasteiger partial charge in [0.05, 0.1) is 4.90 Å². The third-order valence-corrected chi connectivity index (χ3v) is 5.17. The Labute approximate surface area is 147 Å². The van der Waals surface area contributed by atoms with Crippen molar-refractivity contribution in [1.29, 1.82) is 0 Å². The first-order valence-corrected chi connectivity index (χ1v) is 9.38. The van der Waals surface area contributed by atoms with Crippen LogP contribution in [-0.2, 0) is 16.4 Å². The second kappa shape index (κ2) is 7.16. The van der Waals surface area contributed by atoms with Gasteiger partial charge in [-0.3, -0.25) is 0 Å². The van der Waals surface area contributed by atoms with Crippen molar-refractivity contribution in [2.45, 2.75) is 25.2 Å². The van der Waals surface area contributed by atoms with Crippen LogP contribution in [0.1, 0.15) is 17.0 Å². The van der Waals surface area contributed by atoms with E-state index >= 15 is 0 Å². The molecule has 0 spiro atoms. The average molecular weight is 357 g/mol. The molecule has 3 rings (SSSR count). The summed E-state index contributed by atoms with van der Waals surface area (Å²) in [5.41, 5.74) is 2.90. The summed E-state index contributed by atoms with van der Waals surface area (Å²) in [5.74, 6) is 0.888. The maximum atomic E-state index is 12.3. The van der Waals surface area contributed by atoms with Crippen molar-refractivity contribution in [3.05, 3.63) is 65.5 Å². The van der Waals surface area contributed by atoms with Crippen molar-refractivity contribution in [1.82, 2.24) is 14.9 Å². The lowest BCUT2D eigenvalue weighted by Crippen LogP contribution is -2.26. The van der Waals surface area contributed by atoms with E-state index in [1.807, 2.05) is 44.2 Å². The summed E-state index contributed by atoms with van der Waals surface area (Å²) in [4.78, 5) is 4.55. The van der Waals surface area contributed by atoms with Gasteiger partial charge < -0.3 is 4.52 Å². The van der Waals surface area contributed by atoms with Gasteiger partial charge in [-0.25, -0.2) is 13.1 Å². The summed E-state index contributed by atoms with van der Waals surface area (Å²) in [6, 6.07) is 14.6. The molecule has 0 bridgehead atoms. The van der Waals surface area contributed by atoms with Crippen molar-refractivity contribution in [3.63, 3.8) is 0 Å². The zero-order valence-electron chi connectivity index (χ0n) is 14.1. The highest BCUT2D eigenvalue weighted by atomic mass is 32.2. The van der Waals surface area contributed by atoms with Crippen molar-refractivity contribution < 1.29 is 12.9 Å². The van der Waals surface area contributed by atoms with Crippen LogP contribution < -0.4 is 4.72 Å². The van der Waals surface area contributed by atoms with E-state index in [1.165, 1.54) is 0 Å². The van der Waals surface area contributed by atoms with Gasteiger partial charge in [-0.15, -0.1) is 0 Å². The lowest BCUT2D eigenvalue weighted by atomic mass is 10.1. The highest BCUT2D eigenvalue weighted by Gasteiger charge is 2.14. The van der Waals surface area contributed by atoms with E-state index in [0.717, 1.165) is 16.7 Å². The smallest absolute Gasteiger partial charge is 0.240 e. The fourth-order valence-corrected chi connectivity index (χ4v) is 3.47. The van der Waals surface area contributed by atoms with Crippen LogP contribution in [0, 0.1) is 13.8 Å². The van der Waals surface area contributed by atoms with Gasteiger partial charge in [0.25, 0.3) is 0 Å². The number of nitrogens with zero attached hydrogens (tertiary/aromatic N) is 2. The monoisotopic (exact) mass is 357 g/mol. The summed E-state index contributed by atoms with van der Waals surface area (Å²) in [6.07, 6.45) is 0.323. The van der Waals surface area contributed by atoms with Gasteiger partial charge in [-0.1, -0.05) is 47.1 Å². The normalized spacial score (nSPS) is 11.6. The first-order valence-electron chi connectivity index (χ1n) is 7.90. The van der Waals surface area contributed by atoms with Gasteiger partial charge in [0.1, 0.15) is 0 Å². The van der Waals surface area contributed by atoms with E-state index in [2.05, 4.69) is 14.9 Å². The van der Waals surface area contributed by atoms with Gasteiger partial charge in [0.2, 0.25) is 21.7 Å². The molecule has 3 aromatic rings. The summed E-state index contributed by atoms with van der Waals surface area (Å²) in [7, 11) is -3.54. The predicted octanol–water partition coefficient (Wildman–Crippen LogP) is 2.87. The summed E-state index contributed by atoms with van der Waals surface area (Å²) < 4.78 is 32.3. The molecule has 0 aliphatic rings. The Bertz CT molecular complexity index is 963. The Morgan fingerprint density at radius 2 is 1.80 bits per heavy atom. The lowest BCUT2D eigenvalue weighted by Gasteiger charge is -2.06. The molecular formula is C18H19N3O3S. The Morgan fingerprint density at radius 1 is 1.04 bits per heavy atom. The summed E-state index contributed by atoms with van der Waals surface area (Å²) >= 11 is 0. The van der Waals surface area contributed by atoms with Crippen LogP contribution in [0.2, 0.25) is 0 Å². The first-order chi connectivity index (χ1) is 11.9. The van der Waals surface area contributed by atoms with E-state index < -0.39 is 10.0 Å². The molecule has 0 radical (unpaired) electrons. The molecular weight excluding hydrogens is 338 g/mol. The van der Waals surface area contributed by atoms with Gasteiger partial charge in [0.15, 0.2) is 0 Å². The van der Waals surface area contributed by atoms with Crippen LogP contribution in [0.15, 0.2) is 57.9 Å². The lowest BCUT2D eigenvalue weighted by molar-refractivity contribution is 0.379. The zero-order valence-corrected chi connectivity index (χ0v) is 14.9. The average Bonchev–Trinajstić information content (AvgIpc) is 3.04. The third-order valence-electron chi connectivity index (χ3n) is 3.71.